The first-order valence-electron chi connectivity index (χ1n) is 6.24. The molecule has 1 aliphatic rings. The molecule has 6 heteroatoms. The molecule has 2 unspecified atom stereocenters. The Balaban J connectivity index is 2.26. The molecule has 0 spiro atoms. The summed E-state index contributed by atoms with van der Waals surface area (Å²) in [5.74, 6) is -0.595. The smallest absolute Gasteiger partial charge is 0.312 e. The quantitative estimate of drug-likeness (QED) is 0.421. The normalized spacial score (nSPS) is 27.4. The topological polar surface area (TPSA) is 55.7 Å². The van der Waals surface area contributed by atoms with Crippen LogP contribution in [0, 0.1) is 0 Å². The van der Waals surface area contributed by atoms with E-state index in [0.29, 0.717) is 16.8 Å². The van der Waals surface area contributed by atoms with Gasteiger partial charge in [0.2, 0.25) is 0 Å². The van der Waals surface area contributed by atoms with Crippen molar-refractivity contribution < 1.29 is 14.4 Å². The highest BCUT2D eigenvalue weighted by Crippen LogP contribution is 2.36. The third-order valence-electron chi connectivity index (χ3n) is 3.15. The van der Waals surface area contributed by atoms with Gasteiger partial charge >= 0.3 is 5.97 Å². The molecule has 0 radical (unpaired) electrons. The lowest BCUT2D eigenvalue weighted by Crippen LogP contribution is -2.46. The van der Waals surface area contributed by atoms with Gasteiger partial charge in [-0.25, -0.2) is 4.79 Å². The first-order valence-corrected chi connectivity index (χ1v) is 7.95. The molecule has 1 aromatic carbocycles. The van der Waals surface area contributed by atoms with Gasteiger partial charge in [-0.3, -0.25) is 4.79 Å². The van der Waals surface area contributed by atoms with Gasteiger partial charge in [0.05, 0.1) is 14.7 Å². The summed E-state index contributed by atoms with van der Waals surface area (Å²) >= 11 is 6.81. The molecule has 4 nitrogen and oxygen atoms in total. The molecule has 0 aliphatic heterocycles. The molecule has 0 N–H and O–H groups in total. The van der Waals surface area contributed by atoms with Gasteiger partial charge in [0, 0.05) is 0 Å². The summed E-state index contributed by atoms with van der Waals surface area (Å²) < 4.78 is -0.736. The van der Waals surface area contributed by atoms with Gasteiger partial charge in [-0.1, -0.05) is 55.2 Å². The molecule has 2 rings (SSSR count). The van der Waals surface area contributed by atoms with E-state index in [-0.39, 0.29) is 5.78 Å². The van der Waals surface area contributed by atoms with Crippen molar-refractivity contribution in [2.75, 3.05) is 0 Å². The monoisotopic (exact) mass is 413 g/mol. The van der Waals surface area contributed by atoms with Crippen molar-refractivity contribution >= 4 is 49.3 Å². The molecule has 110 valence electrons. The van der Waals surface area contributed by atoms with Crippen LogP contribution in [-0.4, -0.2) is 26.6 Å². The number of benzene rings is 1. The largest absolute Gasteiger partial charge is 0.365 e. The first-order chi connectivity index (χ1) is 9.84. The summed E-state index contributed by atoms with van der Waals surface area (Å²) in [6, 6.07) is 8.61. The molecule has 1 aliphatic carbocycles. The van der Waals surface area contributed by atoms with Crippen LogP contribution in [0.15, 0.2) is 47.1 Å². The molecule has 0 amide bonds. The maximum absolute atomic E-state index is 11.9. The number of allylic oxidation sites excluding steroid dienone is 2. The van der Waals surface area contributed by atoms with E-state index in [9.17, 15) is 9.59 Å². The van der Waals surface area contributed by atoms with Crippen LogP contribution in [0.2, 0.25) is 0 Å². The van der Waals surface area contributed by atoms with Crippen LogP contribution in [0.4, 0.5) is 0 Å². The van der Waals surface area contributed by atoms with Crippen LogP contribution in [-0.2, 0) is 9.63 Å². The van der Waals surface area contributed by atoms with E-state index < -0.39 is 15.1 Å². The predicted octanol–water partition coefficient (Wildman–Crippen LogP) is 3.65. The average molecular weight is 415 g/mol. The van der Waals surface area contributed by atoms with Crippen LogP contribution in [0.3, 0.4) is 0 Å². The molecular formula is C15H13Br2NO3. The average Bonchev–Trinajstić information content (AvgIpc) is 2.45. The van der Waals surface area contributed by atoms with E-state index in [0.717, 1.165) is 0 Å². The summed E-state index contributed by atoms with van der Waals surface area (Å²) in [5, 5.41) is 3.95. The number of carbonyl (C=O) groups excluding carboxylic acids is 2. The summed E-state index contributed by atoms with van der Waals surface area (Å²) in [7, 11) is 0. The molecule has 0 saturated carbocycles. The Bertz CT molecular complexity index is 636. The second-order valence-electron chi connectivity index (χ2n) is 4.85. The van der Waals surface area contributed by atoms with E-state index in [1.165, 1.54) is 6.08 Å². The predicted molar refractivity (Wildman–Crippen MR) is 88.1 cm³/mol. The third kappa shape index (κ3) is 3.32. The van der Waals surface area contributed by atoms with Crippen molar-refractivity contribution in [2.24, 2.45) is 5.16 Å². The number of hydrogen-bond donors (Lipinski definition) is 0. The minimum atomic E-state index is -0.736. The number of alkyl halides is 2. The van der Waals surface area contributed by atoms with Crippen molar-refractivity contribution in [3.8, 4) is 0 Å². The Kier molecular flexibility index (Phi) is 4.78. The molecule has 2 atom stereocenters. The van der Waals surface area contributed by atoms with Crippen molar-refractivity contribution in [1.29, 1.82) is 0 Å². The summed E-state index contributed by atoms with van der Waals surface area (Å²) in [4.78, 5) is 28.3. The number of halogens is 2. The van der Waals surface area contributed by atoms with Gasteiger partial charge < -0.3 is 4.84 Å². The number of carbonyl (C=O) groups is 2. The Labute approximate surface area is 139 Å². The number of rotatable bonds is 2. The SMILES string of the molecule is CC1=CC(=O)C(Br)C(C)(Br)C1=NOC(=O)c1ccccc1. The maximum Gasteiger partial charge on any atom is 0.365 e. The first kappa shape index (κ1) is 16.1. The van der Waals surface area contributed by atoms with Gasteiger partial charge in [0.15, 0.2) is 5.78 Å². The second kappa shape index (κ2) is 6.23. The number of hydrogen-bond acceptors (Lipinski definition) is 4. The van der Waals surface area contributed by atoms with Crippen LogP contribution < -0.4 is 0 Å². The van der Waals surface area contributed by atoms with E-state index in [2.05, 4.69) is 37.0 Å². The molecule has 0 heterocycles. The van der Waals surface area contributed by atoms with Crippen LogP contribution in [0.5, 0.6) is 0 Å². The van der Waals surface area contributed by atoms with Crippen molar-refractivity contribution in [3.05, 3.63) is 47.5 Å². The van der Waals surface area contributed by atoms with Gasteiger partial charge in [-0.05, 0) is 37.6 Å². The maximum atomic E-state index is 11.9. The Morgan fingerprint density at radius 1 is 1.33 bits per heavy atom. The number of oxime groups is 1. The molecule has 0 bridgehead atoms. The van der Waals surface area contributed by atoms with E-state index in [1.807, 2.05) is 6.07 Å². The van der Waals surface area contributed by atoms with Gasteiger partial charge in [0.25, 0.3) is 0 Å². The van der Waals surface area contributed by atoms with Crippen LogP contribution in [0.25, 0.3) is 0 Å². The fourth-order valence-corrected chi connectivity index (χ4v) is 2.96. The summed E-state index contributed by atoms with van der Waals surface area (Å²) in [5.41, 5.74) is 1.59. The van der Waals surface area contributed by atoms with Crippen molar-refractivity contribution in [3.63, 3.8) is 0 Å². The minimum absolute atomic E-state index is 0.0554. The molecule has 0 aromatic heterocycles. The molecule has 0 saturated heterocycles. The Morgan fingerprint density at radius 2 is 1.95 bits per heavy atom. The second-order valence-corrected chi connectivity index (χ2v) is 7.42. The highest BCUT2D eigenvalue weighted by molar-refractivity contribution is 9.13. The molecular weight excluding hydrogens is 402 g/mol. The van der Waals surface area contributed by atoms with Crippen LogP contribution >= 0.6 is 31.9 Å². The standard InChI is InChI=1S/C15H13Br2NO3/c1-9-8-11(19)12(16)15(2,17)13(9)18-21-14(20)10-6-4-3-5-7-10/h3-8,12H,1-2H3. The lowest BCUT2D eigenvalue weighted by atomic mass is 9.88. The zero-order valence-corrected chi connectivity index (χ0v) is 14.6. The zero-order valence-electron chi connectivity index (χ0n) is 11.5. The fraction of sp³-hybridized carbons (Fsp3) is 0.267. The summed E-state index contributed by atoms with van der Waals surface area (Å²) in [6.07, 6.45) is 1.48. The van der Waals surface area contributed by atoms with E-state index in [4.69, 9.17) is 4.84 Å². The summed E-state index contributed by atoms with van der Waals surface area (Å²) in [6.45, 7) is 3.56. The zero-order chi connectivity index (χ0) is 15.6. The Hall–Kier alpha value is -1.27. The van der Waals surface area contributed by atoms with E-state index >= 15 is 0 Å². The minimum Gasteiger partial charge on any atom is -0.312 e. The van der Waals surface area contributed by atoms with Gasteiger partial charge in [-0.2, -0.15) is 0 Å². The highest BCUT2D eigenvalue weighted by Gasteiger charge is 2.43. The molecule has 0 fully saturated rings. The molecule has 21 heavy (non-hydrogen) atoms. The Morgan fingerprint density at radius 3 is 2.57 bits per heavy atom. The van der Waals surface area contributed by atoms with Crippen LogP contribution in [0.1, 0.15) is 24.2 Å². The van der Waals surface area contributed by atoms with Gasteiger partial charge in [-0.15, -0.1) is 0 Å². The van der Waals surface area contributed by atoms with Gasteiger partial charge in [0.1, 0.15) is 5.71 Å². The fourth-order valence-electron chi connectivity index (χ4n) is 2.00. The van der Waals surface area contributed by atoms with Crippen molar-refractivity contribution in [2.45, 2.75) is 23.0 Å². The third-order valence-corrected chi connectivity index (χ3v) is 5.97. The highest BCUT2D eigenvalue weighted by atomic mass is 79.9. The molecule has 1 aromatic rings. The number of nitrogens with zero attached hydrogens (tertiary/aromatic N) is 1. The van der Waals surface area contributed by atoms with E-state index in [1.54, 1.807) is 38.1 Å². The number of ketones is 1. The van der Waals surface area contributed by atoms with Crippen molar-refractivity contribution in [1.82, 2.24) is 0 Å². The lowest BCUT2D eigenvalue weighted by Gasteiger charge is -2.31. The lowest BCUT2D eigenvalue weighted by molar-refractivity contribution is -0.114.